The number of ether oxygens (including phenoxy) is 3. The normalized spacial score (nSPS) is 26.9. The van der Waals surface area contributed by atoms with E-state index in [2.05, 4.69) is 11.7 Å². The molecule has 2 heterocycles. The van der Waals surface area contributed by atoms with Crippen LogP contribution < -0.4 is 9.61 Å². The molecule has 220 valence electrons. The van der Waals surface area contributed by atoms with E-state index in [9.17, 15) is 19.5 Å². The van der Waals surface area contributed by atoms with Crippen molar-refractivity contribution >= 4 is 36.3 Å². The van der Waals surface area contributed by atoms with Gasteiger partial charge in [0.1, 0.15) is 23.5 Å². The van der Waals surface area contributed by atoms with Crippen molar-refractivity contribution in [3.05, 3.63) is 54.8 Å². The van der Waals surface area contributed by atoms with Gasteiger partial charge in [-0.3, -0.25) is 19.3 Å². The van der Waals surface area contributed by atoms with E-state index in [0.717, 1.165) is 0 Å². The first-order valence-corrected chi connectivity index (χ1v) is 15.6. The quantitative estimate of drug-likeness (QED) is 0.272. The van der Waals surface area contributed by atoms with Crippen molar-refractivity contribution in [3.8, 4) is 5.75 Å². The van der Waals surface area contributed by atoms with Crippen molar-refractivity contribution in [1.29, 1.82) is 0 Å². The predicted octanol–water partition coefficient (Wildman–Crippen LogP) is 3.34. The number of nitrogens with one attached hydrogen (secondary N) is 1. The number of para-hydroxylation sites is 1. The Labute approximate surface area is 239 Å². The van der Waals surface area contributed by atoms with Crippen molar-refractivity contribution in [2.75, 3.05) is 6.61 Å². The van der Waals surface area contributed by atoms with Gasteiger partial charge in [-0.05, 0) is 63.3 Å². The zero-order chi connectivity index (χ0) is 29.7. The average Bonchev–Trinajstić information content (AvgIpc) is 3.12. The lowest BCUT2D eigenvalue weighted by Crippen LogP contribution is -2.54. The maximum atomic E-state index is 12.8. The highest BCUT2D eigenvalue weighted by atomic mass is 32.5. The molecule has 1 fully saturated rings. The van der Waals surface area contributed by atoms with E-state index in [4.69, 9.17) is 35.1 Å². The van der Waals surface area contributed by atoms with E-state index in [1.165, 1.54) is 18.0 Å². The van der Waals surface area contributed by atoms with Gasteiger partial charge in [-0.15, -0.1) is 0 Å². The van der Waals surface area contributed by atoms with E-state index in [-0.39, 0.29) is 31.5 Å². The second-order valence-electron chi connectivity index (χ2n) is 10.0. The molecule has 6 atom stereocenters. The van der Waals surface area contributed by atoms with Crippen LogP contribution in [0, 0.1) is 0 Å². The minimum Gasteiger partial charge on any atom is -0.462 e. The summed E-state index contributed by atoms with van der Waals surface area (Å²) in [6.45, 7) is 8.12. The molecule has 13 heteroatoms. The van der Waals surface area contributed by atoms with Gasteiger partial charge in [-0.25, -0.2) is 5.09 Å². The minimum atomic E-state index is -3.45. The van der Waals surface area contributed by atoms with Crippen LogP contribution in [0.5, 0.6) is 5.75 Å². The lowest BCUT2D eigenvalue weighted by Gasteiger charge is -2.36. The fourth-order valence-electron chi connectivity index (χ4n) is 4.11. The van der Waals surface area contributed by atoms with Crippen LogP contribution in [-0.2, 0) is 44.9 Å². The van der Waals surface area contributed by atoms with Gasteiger partial charge in [0.2, 0.25) is 5.91 Å². The fraction of sp³-hybridized carbons (Fsp3) is 0.519. The highest BCUT2D eigenvalue weighted by Crippen LogP contribution is 2.47. The van der Waals surface area contributed by atoms with Gasteiger partial charge in [0.15, 0.2) is 12.3 Å². The van der Waals surface area contributed by atoms with Gasteiger partial charge in [-0.2, -0.15) is 0 Å². The molecule has 0 aliphatic carbocycles. The second kappa shape index (κ2) is 13.4. The average molecular weight is 597 g/mol. The summed E-state index contributed by atoms with van der Waals surface area (Å²) in [4.78, 5) is 38.8. The maximum absolute atomic E-state index is 12.8. The van der Waals surface area contributed by atoms with Crippen LogP contribution in [0.15, 0.2) is 54.8 Å². The van der Waals surface area contributed by atoms with Crippen molar-refractivity contribution in [2.45, 2.75) is 83.6 Å². The molecule has 40 heavy (non-hydrogen) atoms. The van der Waals surface area contributed by atoms with Crippen LogP contribution in [0.4, 0.5) is 0 Å². The molecule has 0 aromatic heterocycles. The summed E-state index contributed by atoms with van der Waals surface area (Å²) in [6, 6.07) is 7.81. The standard InChI is InChI=1S/C27H37N2O9PS/c1-7-23(31)37-24-21(36-26(27(24,6)33)29-14-13-18(4)15-22(29)30)16-34-39(40,38-20-11-9-8-10-12-20)28-19(5)25(32)35-17(2)3/h8-14,17,19,21,24,26,33H,4,7,15-16H2,1-3,5-6H3,(H,28,40)/t19?,21-,24-,26-,27-,39?/m1/s1. The van der Waals surface area contributed by atoms with Gasteiger partial charge in [0, 0.05) is 12.6 Å². The number of amides is 1. The maximum Gasteiger partial charge on any atom is 0.323 e. The third kappa shape index (κ3) is 7.99. The summed E-state index contributed by atoms with van der Waals surface area (Å²) >= 11 is 5.76. The smallest absolute Gasteiger partial charge is 0.323 e. The first kappa shape index (κ1) is 31.9. The number of nitrogens with zero attached hydrogens (tertiary/aromatic N) is 1. The molecule has 0 bridgehead atoms. The predicted molar refractivity (Wildman–Crippen MR) is 150 cm³/mol. The third-order valence-electron chi connectivity index (χ3n) is 6.09. The number of carbonyl (C=O) groups excluding carboxylic acids is 3. The Kier molecular flexibility index (Phi) is 10.7. The number of hydrogen-bond donors (Lipinski definition) is 2. The fourth-order valence-corrected chi connectivity index (χ4v) is 6.53. The van der Waals surface area contributed by atoms with Crippen LogP contribution in [0.1, 0.15) is 47.5 Å². The van der Waals surface area contributed by atoms with Gasteiger partial charge < -0.3 is 28.4 Å². The Hall–Kier alpha value is -2.60. The second-order valence-corrected chi connectivity index (χ2v) is 13.1. The Morgan fingerprint density at radius 1 is 1.30 bits per heavy atom. The summed E-state index contributed by atoms with van der Waals surface area (Å²) in [6.07, 6.45) is -0.549. The van der Waals surface area contributed by atoms with Crippen molar-refractivity contribution in [1.82, 2.24) is 9.99 Å². The Morgan fingerprint density at radius 2 is 1.98 bits per heavy atom. The molecule has 0 saturated carbocycles. The van der Waals surface area contributed by atoms with Crippen molar-refractivity contribution in [2.24, 2.45) is 0 Å². The zero-order valence-corrected chi connectivity index (χ0v) is 25.0. The molecule has 2 aliphatic heterocycles. The molecule has 1 aromatic rings. The van der Waals surface area contributed by atoms with Crippen molar-refractivity contribution in [3.63, 3.8) is 0 Å². The highest BCUT2D eigenvalue weighted by Gasteiger charge is 2.58. The minimum absolute atomic E-state index is 0.0486. The summed E-state index contributed by atoms with van der Waals surface area (Å²) < 4.78 is 29.1. The van der Waals surface area contributed by atoms with Gasteiger partial charge in [-0.1, -0.05) is 31.7 Å². The Morgan fingerprint density at radius 3 is 2.58 bits per heavy atom. The van der Waals surface area contributed by atoms with E-state index in [1.54, 1.807) is 64.1 Å². The van der Waals surface area contributed by atoms with Gasteiger partial charge in [0.25, 0.3) is 0 Å². The summed E-state index contributed by atoms with van der Waals surface area (Å²) in [5.41, 5.74) is -1.19. The largest absolute Gasteiger partial charge is 0.462 e. The topological polar surface area (TPSA) is 133 Å². The third-order valence-corrected chi connectivity index (χ3v) is 8.59. The van der Waals surface area contributed by atoms with Gasteiger partial charge in [0.05, 0.1) is 19.1 Å². The highest BCUT2D eigenvalue weighted by molar-refractivity contribution is 8.09. The number of hydrogen-bond acceptors (Lipinski definition) is 10. The van der Waals surface area contributed by atoms with Crippen molar-refractivity contribution < 1.29 is 42.7 Å². The molecule has 0 radical (unpaired) electrons. The number of benzene rings is 1. The van der Waals surface area contributed by atoms with Crippen LogP contribution in [0.2, 0.25) is 0 Å². The molecule has 2 aliphatic rings. The molecule has 3 rings (SSSR count). The van der Waals surface area contributed by atoms with Crippen LogP contribution in [-0.4, -0.2) is 70.6 Å². The summed E-state index contributed by atoms with van der Waals surface area (Å²) in [5.74, 6) is -1.05. The molecular weight excluding hydrogens is 559 g/mol. The van der Waals surface area contributed by atoms with Crippen LogP contribution in [0.3, 0.4) is 0 Å². The molecule has 11 nitrogen and oxygen atoms in total. The van der Waals surface area contributed by atoms with Crippen LogP contribution >= 0.6 is 6.64 Å². The zero-order valence-electron chi connectivity index (χ0n) is 23.3. The molecule has 1 aromatic carbocycles. The van der Waals surface area contributed by atoms with E-state index < -0.39 is 48.7 Å². The first-order chi connectivity index (χ1) is 18.8. The first-order valence-electron chi connectivity index (χ1n) is 13.0. The number of esters is 2. The summed E-state index contributed by atoms with van der Waals surface area (Å²) in [7, 11) is 0. The number of rotatable bonds is 12. The molecule has 2 unspecified atom stereocenters. The molecular formula is C27H37N2O9PS. The lowest BCUT2D eigenvalue weighted by atomic mass is 9.95. The van der Waals surface area contributed by atoms with Gasteiger partial charge >= 0.3 is 18.6 Å². The number of aliphatic hydroxyl groups is 1. The lowest BCUT2D eigenvalue weighted by molar-refractivity contribution is -0.167. The Bertz CT molecular complexity index is 1170. The number of carbonyl (C=O) groups is 3. The number of allylic oxidation sites excluding steroid dienone is 1. The molecule has 0 spiro atoms. The molecule has 1 saturated heterocycles. The van der Waals surface area contributed by atoms with E-state index in [0.29, 0.717) is 11.3 Å². The summed E-state index contributed by atoms with van der Waals surface area (Å²) in [5, 5.41) is 14.4. The SMILES string of the molecule is C=C1C=CN([C@@H]2O[C@H](COP(=S)(NC(C)C(=O)OC(C)C)Oc3ccccc3)[C@@H](OC(=O)CC)[C@@]2(C)O)C(=O)C1. The van der Waals surface area contributed by atoms with Crippen LogP contribution in [0.25, 0.3) is 0 Å². The van der Waals surface area contributed by atoms with E-state index >= 15 is 0 Å². The van der Waals surface area contributed by atoms with E-state index in [1.807, 2.05) is 0 Å². The Balaban J connectivity index is 1.87. The molecule has 2 N–H and O–H groups in total. The molecule has 1 amide bonds. The monoisotopic (exact) mass is 596 g/mol.